The zero-order chi connectivity index (χ0) is 17.3. The molecule has 1 aliphatic rings. The average molecular weight is 468 g/mol. The van der Waals surface area contributed by atoms with Crippen LogP contribution < -0.4 is 0 Å². The monoisotopic (exact) mass is 466 g/mol. The van der Waals surface area contributed by atoms with E-state index >= 15 is 0 Å². The first-order valence-corrected chi connectivity index (χ1v) is 9.74. The first kappa shape index (κ1) is 17.2. The van der Waals surface area contributed by atoms with Gasteiger partial charge < -0.3 is 5.11 Å². The molecule has 24 heavy (non-hydrogen) atoms. The molecule has 0 amide bonds. The highest BCUT2D eigenvalue weighted by Gasteiger charge is 2.24. The van der Waals surface area contributed by atoms with Crippen LogP contribution in [0.2, 0.25) is 0 Å². The van der Waals surface area contributed by atoms with Crippen LogP contribution in [0.5, 0.6) is 5.75 Å². The number of hydrogen-bond donors (Lipinski definition) is 1. The predicted molar refractivity (Wildman–Crippen MR) is 104 cm³/mol. The molecule has 2 aromatic rings. The van der Waals surface area contributed by atoms with E-state index in [0.717, 1.165) is 11.1 Å². The van der Waals surface area contributed by atoms with Gasteiger partial charge in [0, 0.05) is 5.92 Å². The van der Waals surface area contributed by atoms with E-state index in [4.69, 9.17) is 0 Å². The van der Waals surface area contributed by atoms with E-state index in [-0.39, 0.29) is 10.6 Å². The number of rotatable bonds is 2. The third-order valence-electron chi connectivity index (χ3n) is 3.80. The van der Waals surface area contributed by atoms with E-state index in [0.29, 0.717) is 14.5 Å². The number of aromatic hydroxyl groups is 1. The van der Waals surface area contributed by atoms with Gasteiger partial charge in [-0.25, -0.2) is 0 Å². The molecular formula is C18H12Br2O3S. The Morgan fingerprint density at radius 1 is 1.00 bits per heavy atom. The minimum absolute atomic E-state index is 0.0466. The van der Waals surface area contributed by atoms with Crippen LogP contribution in [0, 0.1) is 0 Å². The summed E-state index contributed by atoms with van der Waals surface area (Å²) in [7, 11) is -2.34. The number of halogens is 2. The predicted octanol–water partition coefficient (Wildman–Crippen LogP) is 4.85. The molecule has 1 N–H and O–H groups in total. The lowest BCUT2D eigenvalue weighted by Gasteiger charge is -2.19. The quantitative estimate of drug-likeness (QED) is 0.642. The fourth-order valence-electron chi connectivity index (χ4n) is 2.64. The lowest BCUT2D eigenvalue weighted by atomic mass is 9.90. The van der Waals surface area contributed by atoms with Crippen molar-refractivity contribution in [3.63, 3.8) is 0 Å². The largest absolute Gasteiger partial charge is 0.506 e. The van der Waals surface area contributed by atoms with Crippen LogP contribution in [-0.2, 0) is 10.3 Å². The maximum atomic E-state index is 11.5. The van der Waals surface area contributed by atoms with Crippen molar-refractivity contribution in [2.75, 3.05) is 0 Å². The number of benzene rings is 2. The molecule has 3 rings (SSSR count). The third-order valence-corrected chi connectivity index (χ3v) is 6.21. The molecule has 0 radical (unpaired) electrons. The number of phenolic OH excluding ortho intramolecular Hbond substituents is 1. The maximum Gasteiger partial charge on any atom is 0.218 e. The Hall–Kier alpha value is -1.63. The Morgan fingerprint density at radius 2 is 1.71 bits per heavy atom. The van der Waals surface area contributed by atoms with Crippen LogP contribution in [0.25, 0.3) is 11.1 Å². The summed E-state index contributed by atoms with van der Waals surface area (Å²) in [6, 6.07) is 11.5. The summed E-state index contributed by atoms with van der Waals surface area (Å²) in [5.41, 5.74) is 2.41. The second-order valence-corrected chi connectivity index (χ2v) is 7.74. The van der Waals surface area contributed by atoms with Crippen molar-refractivity contribution in [2.45, 2.75) is 5.92 Å². The topological polar surface area (TPSA) is 54.4 Å². The first-order valence-electron chi connectivity index (χ1n) is 7.08. The molecule has 0 fully saturated rings. The van der Waals surface area contributed by atoms with E-state index in [1.807, 2.05) is 36.4 Å². The zero-order valence-electron chi connectivity index (χ0n) is 12.3. The second kappa shape index (κ2) is 7.09. The van der Waals surface area contributed by atoms with Crippen molar-refractivity contribution in [1.82, 2.24) is 0 Å². The average Bonchev–Trinajstić information content (AvgIpc) is 2.61. The SMILES string of the molecule is O=S(=O)=C1C=CC=CC1c1cc(-c2ccccc2)c(Br)c(O)c1Br. The molecule has 0 bridgehead atoms. The number of hydrogen-bond acceptors (Lipinski definition) is 3. The second-order valence-electron chi connectivity index (χ2n) is 5.21. The molecule has 1 unspecified atom stereocenters. The molecule has 3 nitrogen and oxygen atoms in total. The Bertz CT molecular complexity index is 983. The Morgan fingerprint density at radius 3 is 2.38 bits per heavy atom. The molecule has 6 heteroatoms. The highest BCUT2D eigenvalue weighted by molar-refractivity contribution is 9.11. The van der Waals surface area contributed by atoms with Crippen molar-refractivity contribution in [2.24, 2.45) is 0 Å². The molecule has 0 saturated carbocycles. The molecular weight excluding hydrogens is 456 g/mol. The third kappa shape index (κ3) is 3.14. The van der Waals surface area contributed by atoms with E-state index in [1.54, 1.807) is 24.3 Å². The van der Waals surface area contributed by atoms with Crippen LogP contribution in [0.3, 0.4) is 0 Å². The Labute approximate surface area is 158 Å². The first-order chi connectivity index (χ1) is 11.5. The molecule has 1 aliphatic carbocycles. The normalized spacial score (nSPS) is 16.4. The van der Waals surface area contributed by atoms with Crippen LogP contribution in [-0.4, -0.2) is 18.4 Å². The van der Waals surface area contributed by atoms with E-state index in [9.17, 15) is 13.5 Å². The van der Waals surface area contributed by atoms with Crippen molar-refractivity contribution < 1.29 is 13.5 Å². The molecule has 0 aliphatic heterocycles. The number of allylic oxidation sites excluding steroid dienone is 4. The summed E-state index contributed by atoms with van der Waals surface area (Å²) >= 11 is 6.83. The van der Waals surface area contributed by atoms with Gasteiger partial charge in [0.25, 0.3) is 0 Å². The fraction of sp³-hybridized carbons (Fsp3) is 0.0556. The standard InChI is InChI=1S/C18H12Br2O3S/c19-16-13(11-6-2-1-3-7-11)10-14(17(20)18(16)21)12-8-4-5-9-15(12)24(22)23/h1-10,12,21H. The summed E-state index contributed by atoms with van der Waals surface area (Å²) in [6.45, 7) is 0. The van der Waals surface area contributed by atoms with Gasteiger partial charge in [-0.05, 0) is 60.7 Å². The molecule has 0 aromatic heterocycles. The van der Waals surface area contributed by atoms with Gasteiger partial charge in [-0.15, -0.1) is 0 Å². The van der Waals surface area contributed by atoms with Crippen LogP contribution in [0.15, 0.2) is 69.6 Å². The van der Waals surface area contributed by atoms with Gasteiger partial charge in [0.2, 0.25) is 10.3 Å². The van der Waals surface area contributed by atoms with Crippen molar-refractivity contribution in [3.05, 3.63) is 75.2 Å². The van der Waals surface area contributed by atoms with Gasteiger partial charge >= 0.3 is 0 Å². The summed E-state index contributed by atoms with van der Waals surface area (Å²) in [4.78, 5) is 0.263. The highest BCUT2D eigenvalue weighted by Crippen LogP contribution is 2.45. The minimum atomic E-state index is -2.34. The maximum absolute atomic E-state index is 11.5. The summed E-state index contributed by atoms with van der Waals surface area (Å²) in [5.74, 6) is -0.408. The highest BCUT2D eigenvalue weighted by atomic mass is 79.9. The number of phenols is 1. The molecule has 2 aromatic carbocycles. The van der Waals surface area contributed by atoms with Gasteiger partial charge in [-0.1, -0.05) is 48.6 Å². The van der Waals surface area contributed by atoms with Crippen molar-refractivity contribution in [1.29, 1.82) is 0 Å². The molecule has 122 valence electrons. The van der Waals surface area contributed by atoms with Gasteiger partial charge in [0.05, 0.1) is 13.8 Å². The lowest BCUT2D eigenvalue weighted by Crippen LogP contribution is -2.12. The summed E-state index contributed by atoms with van der Waals surface area (Å²) in [5, 5.41) is 10.5. The zero-order valence-corrected chi connectivity index (χ0v) is 16.3. The fourth-order valence-corrected chi connectivity index (χ4v) is 4.61. The smallest absolute Gasteiger partial charge is 0.218 e. The van der Waals surface area contributed by atoms with Crippen LogP contribution >= 0.6 is 31.9 Å². The van der Waals surface area contributed by atoms with Crippen LogP contribution in [0.1, 0.15) is 11.5 Å². The van der Waals surface area contributed by atoms with Crippen molar-refractivity contribution >= 4 is 47.0 Å². The van der Waals surface area contributed by atoms with E-state index in [1.165, 1.54) is 0 Å². The summed E-state index contributed by atoms with van der Waals surface area (Å²) in [6.07, 6.45) is 6.86. The van der Waals surface area contributed by atoms with Crippen LogP contribution in [0.4, 0.5) is 0 Å². The van der Waals surface area contributed by atoms with E-state index < -0.39 is 16.2 Å². The van der Waals surface area contributed by atoms with Gasteiger partial charge in [-0.2, -0.15) is 8.42 Å². The molecule has 0 saturated heterocycles. The molecule has 0 spiro atoms. The Balaban J connectivity index is 2.27. The van der Waals surface area contributed by atoms with E-state index in [2.05, 4.69) is 31.9 Å². The summed E-state index contributed by atoms with van der Waals surface area (Å²) < 4.78 is 24.1. The van der Waals surface area contributed by atoms with Gasteiger partial charge in [0.1, 0.15) is 5.75 Å². The lowest BCUT2D eigenvalue weighted by molar-refractivity contribution is 0.468. The minimum Gasteiger partial charge on any atom is -0.506 e. The van der Waals surface area contributed by atoms with Gasteiger partial charge in [-0.3, -0.25) is 0 Å². The Kier molecular flexibility index (Phi) is 5.08. The molecule has 1 atom stereocenters. The van der Waals surface area contributed by atoms with Gasteiger partial charge in [0.15, 0.2) is 0 Å². The molecule has 0 heterocycles. The van der Waals surface area contributed by atoms with Crippen molar-refractivity contribution in [3.8, 4) is 16.9 Å².